The molecule has 5 heteroatoms. The van der Waals surface area contributed by atoms with E-state index in [1.807, 2.05) is 13.8 Å². The molecule has 0 bridgehead atoms. The van der Waals surface area contributed by atoms with E-state index in [9.17, 15) is 4.79 Å². The average molecular weight is 277 g/mol. The Morgan fingerprint density at radius 2 is 2.10 bits per heavy atom. The van der Waals surface area contributed by atoms with Gasteiger partial charge in [-0.25, -0.2) is 0 Å². The minimum absolute atomic E-state index is 0.126. The Morgan fingerprint density at radius 1 is 1.40 bits per heavy atom. The molecule has 0 saturated carbocycles. The standard InChI is InChI=1S/C15H19NO4/c1-10(2)8-16-15(17)5-4-11-6-13-14(20-9-19-13)7-12(11)18-3/h4-7,10H,8-9H2,1-3H3,(H,16,17)/b5-4+. The van der Waals surface area contributed by atoms with E-state index in [-0.39, 0.29) is 12.7 Å². The molecular weight excluding hydrogens is 258 g/mol. The minimum Gasteiger partial charge on any atom is -0.496 e. The van der Waals surface area contributed by atoms with Crippen molar-refractivity contribution in [3.05, 3.63) is 23.8 Å². The third-order valence-corrected chi connectivity index (χ3v) is 2.82. The summed E-state index contributed by atoms with van der Waals surface area (Å²) in [6.07, 6.45) is 3.19. The number of methoxy groups -OCH3 is 1. The number of rotatable bonds is 5. The number of carbonyl (C=O) groups is 1. The highest BCUT2D eigenvalue weighted by Gasteiger charge is 2.16. The van der Waals surface area contributed by atoms with Gasteiger partial charge in [0.2, 0.25) is 12.7 Å². The molecule has 0 atom stereocenters. The van der Waals surface area contributed by atoms with Gasteiger partial charge in [0, 0.05) is 24.3 Å². The molecule has 1 amide bonds. The summed E-state index contributed by atoms with van der Waals surface area (Å²) in [6.45, 7) is 4.96. The molecule has 0 fully saturated rings. The number of nitrogens with one attached hydrogen (secondary N) is 1. The van der Waals surface area contributed by atoms with E-state index in [1.54, 1.807) is 25.3 Å². The first-order valence-electron chi connectivity index (χ1n) is 6.53. The van der Waals surface area contributed by atoms with E-state index < -0.39 is 0 Å². The predicted molar refractivity (Wildman–Crippen MR) is 76.0 cm³/mol. The molecule has 0 aliphatic carbocycles. The van der Waals surface area contributed by atoms with E-state index in [1.165, 1.54) is 6.08 Å². The second kappa shape index (κ2) is 6.32. The van der Waals surface area contributed by atoms with Crippen LogP contribution < -0.4 is 19.5 Å². The summed E-state index contributed by atoms with van der Waals surface area (Å²) in [6, 6.07) is 3.56. The Morgan fingerprint density at radius 3 is 2.75 bits per heavy atom. The number of fused-ring (bicyclic) bond motifs is 1. The van der Waals surface area contributed by atoms with Crippen molar-refractivity contribution < 1.29 is 19.0 Å². The van der Waals surface area contributed by atoms with E-state index in [2.05, 4.69) is 5.32 Å². The second-order valence-electron chi connectivity index (χ2n) is 4.92. The highest BCUT2D eigenvalue weighted by atomic mass is 16.7. The number of benzene rings is 1. The molecule has 1 aliphatic rings. The molecule has 2 rings (SSSR count). The number of hydrogen-bond acceptors (Lipinski definition) is 4. The maximum absolute atomic E-state index is 11.7. The quantitative estimate of drug-likeness (QED) is 0.838. The number of hydrogen-bond donors (Lipinski definition) is 1. The monoisotopic (exact) mass is 277 g/mol. The Hall–Kier alpha value is -2.17. The van der Waals surface area contributed by atoms with Gasteiger partial charge in [-0.15, -0.1) is 0 Å². The summed E-state index contributed by atoms with van der Waals surface area (Å²) >= 11 is 0. The summed E-state index contributed by atoms with van der Waals surface area (Å²) < 4.78 is 15.9. The van der Waals surface area contributed by atoms with Gasteiger partial charge in [0.1, 0.15) is 5.75 Å². The summed E-state index contributed by atoms with van der Waals surface area (Å²) in [7, 11) is 1.58. The molecular formula is C15H19NO4. The van der Waals surface area contributed by atoms with Gasteiger partial charge in [-0.1, -0.05) is 13.8 Å². The van der Waals surface area contributed by atoms with Crippen LogP contribution in [0, 0.1) is 5.92 Å². The third kappa shape index (κ3) is 3.44. The fraction of sp³-hybridized carbons (Fsp3) is 0.400. The van der Waals surface area contributed by atoms with Crippen molar-refractivity contribution in [3.8, 4) is 17.2 Å². The molecule has 0 unspecified atom stereocenters. The zero-order chi connectivity index (χ0) is 14.5. The van der Waals surface area contributed by atoms with Crippen LogP contribution in [0.25, 0.3) is 6.08 Å². The van der Waals surface area contributed by atoms with Crippen LogP contribution in [0.5, 0.6) is 17.2 Å². The SMILES string of the molecule is COc1cc2c(cc1/C=C/C(=O)NCC(C)C)OCO2. The molecule has 0 saturated heterocycles. The molecule has 5 nitrogen and oxygen atoms in total. The van der Waals surface area contributed by atoms with E-state index in [0.717, 1.165) is 5.56 Å². The van der Waals surface area contributed by atoms with Crippen LogP contribution >= 0.6 is 0 Å². The lowest BCUT2D eigenvalue weighted by atomic mass is 10.1. The van der Waals surface area contributed by atoms with Gasteiger partial charge < -0.3 is 19.5 Å². The van der Waals surface area contributed by atoms with Crippen LogP contribution in [-0.2, 0) is 4.79 Å². The number of ether oxygens (including phenoxy) is 3. The Kier molecular flexibility index (Phi) is 4.50. The topological polar surface area (TPSA) is 56.8 Å². The van der Waals surface area contributed by atoms with E-state index in [4.69, 9.17) is 14.2 Å². The van der Waals surface area contributed by atoms with Gasteiger partial charge in [0.05, 0.1) is 7.11 Å². The molecule has 1 aromatic carbocycles. The van der Waals surface area contributed by atoms with Gasteiger partial charge in [0.15, 0.2) is 11.5 Å². The first-order chi connectivity index (χ1) is 9.60. The molecule has 108 valence electrons. The molecule has 1 N–H and O–H groups in total. The van der Waals surface area contributed by atoms with Gasteiger partial charge >= 0.3 is 0 Å². The van der Waals surface area contributed by atoms with Crippen LogP contribution in [0.15, 0.2) is 18.2 Å². The van der Waals surface area contributed by atoms with Crippen LogP contribution in [0.2, 0.25) is 0 Å². The average Bonchev–Trinajstić information content (AvgIpc) is 2.88. The smallest absolute Gasteiger partial charge is 0.244 e. The molecule has 1 aliphatic heterocycles. The van der Waals surface area contributed by atoms with Gasteiger partial charge in [-0.05, 0) is 18.1 Å². The molecule has 1 heterocycles. The van der Waals surface area contributed by atoms with E-state index >= 15 is 0 Å². The van der Waals surface area contributed by atoms with Crippen molar-refractivity contribution in [2.45, 2.75) is 13.8 Å². The van der Waals surface area contributed by atoms with Crippen LogP contribution in [-0.4, -0.2) is 26.4 Å². The van der Waals surface area contributed by atoms with E-state index in [0.29, 0.717) is 29.7 Å². The highest BCUT2D eigenvalue weighted by molar-refractivity contribution is 5.92. The lowest BCUT2D eigenvalue weighted by Crippen LogP contribution is -2.25. The van der Waals surface area contributed by atoms with Crippen LogP contribution in [0.4, 0.5) is 0 Å². The first kappa shape index (κ1) is 14.2. The summed E-state index contributed by atoms with van der Waals surface area (Å²) in [5, 5.41) is 2.82. The normalized spacial score (nSPS) is 13.0. The van der Waals surface area contributed by atoms with Crippen molar-refractivity contribution in [3.63, 3.8) is 0 Å². The Labute approximate surface area is 118 Å². The summed E-state index contributed by atoms with van der Waals surface area (Å²) in [5.41, 5.74) is 0.774. The van der Waals surface area contributed by atoms with Gasteiger partial charge in [-0.2, -0.15) is 0 Å². The molecule has 20 heavy (non-hydrogen) atoms. The third-order valence-electron chi connectivity index (χ3n) is 2.82. The van der Waals surface area contributed by atoms with Crippen molar-refractivity contribution in [1.29, 1.82) is 0 Å². The largest absolute Gasteiger partial charge is 0.496 e. The summed E-state index contributed by atoms with van der Waals surface area (Å²) in [5.74, 6) is 2.25. The van der Waals surface area contributed by atoms with Crippen molar-refractivity contribution >= 4 is 12.0 Å². The second-order valence-corrected chi connectivity index (χ2v) is 4.92. The lowest BCUT2D eigenvalue weighted by Gasteiger charge is -2.07. The number of amides is 1. The molecule has 1 aromatic rings. The lowest BCUT2D eigenvalue weighted by molar-refractivity contribution is -0.116. The van der Waals surface area contributed by atoms with Gasteiger partial charge in [0.25, 0.3) is 0 Å². The predicted octanol–water partition coefficient (Wildman–Crippen LogP) is 2.21. The Bertz CT molecular complexity index is 523. The van der Waals surface area contributed by atoms with Crippen LogP contribution in [0.1, 0.15) is 19.4 Å². The fourth-order valence-corrected chi connectivity index (χ4v) is 1.78. The molecule has 0 aromatic heterocycles. The van der Waals surface area contributed by atoms with Gasteiger partial charge in [-0.3, -0.25) is 4.79 Å². The molecule has 0 radical (unpaired) electrons. The van der Waals surface area contributed by atoms with Crippen LogP contribution in [0.3, 0.4) is 0 Å². The maximum atomic E-state index is 11.7. The number of carbonyl (C=O) groups excluding carboxylic acids is 1. The van der Waals surface area contributed by atoms with Crippen molar-refractivity contribution in [2.24, 2.45) is 5.92 Å². The molecule has 0 spiro atoms. The minimum atomic E-state index is -0.126. The summed E-state index contributed by atoms with van der Waals surface area (Å²) in [4.78, 5) is 11.7. The maximum Gasteiger partial charge on any atom is 0.244 e. The highest BCUT2D eigenvalue weighted by Crippen LogP contribution is 2.38. The van der Waals surface area contributed by atoms with Crippen molar-refractivity contribution in [1.82, 2.24) is 5.32 Å². The van der Waals surface area contributed by atoms with Crippen molar-refractivity contribution in [2.75, 3.05) is 20.4 Å². The first-order valence-corrected chi connectivity index (χ1v) is 6.53. The zero-order valence-electron chi connectivity index (χ0n) is 11.9. The zero-order valence-corrected chi connectivity index (χ0v) is 11.9. The Balaban J connectivity index is 2.10. The fourth-order valence-electron chi connectivity index (χ4n) is 1.78.